The highest BCUT2D eigenvalue weighted by molar-refractivity contribution is 5.87. The number of rotatable bonds is 9. The Kier molecular flexibility index (Phi) is 7.77. The minimum Gasteiger partial charge on any atom is -0.380 e. The van der Waals surface area contributed by atoms with Crippen LogP contribution in [0.2, 0.25) is 0 Å². The molecular formula is C21H36N6O2. The minimum absolute atomic E-state index is 0.0125. The predicted octanol–water partition coefficient (Wildman–Crippen LogP) is 2.49. The summed E-state index contributed by atoms with van der Waals surface area (Å²) in [5, 5.41) is 16.5. The molecule has 8 nitrogen and oxygen atoms in total. The maximum Gasteiger partial charge on any atom is 0.246 e. The Hall–Kier alpha value is -1.80. The fourth-order valence-corrected chi connectivity index (χ4v) is 4.79. The molecule has 0 radical (unpaired) electrons. The molecule has 162 valence electrons. The molecule has 3 rings (SSSR count). The Morgan fingerprint density at radius 1 is 1.38 bits per heavy atom. The lowest BCUT2D eigenvalue weighted by molar-refractivity contribution is -0.127. The first kappa shape index (κ1) is 21.9. The molecule has 0 spiro atoms. The molecule has 29 heavy (non-hydrogen) atoms. The summed E-state index contributed by atoms with van der Waals surface area (Å²) in [6.45, 7) is 11.4. The molecule has 1 aliphatic heterocycles. The molecule has 2 atom stereocenters. The average Bonchev–Trinajstić information content (AvgIpc) is 3.20. The number of hydrogen-bond donors (Lipinski definition) is 1. The number of tetrazole rings is 1. The second kappa shape index (κ2) is 10.3. The Labute approximate surface area is 174 Å². The average molecular weight is 405 g/mol. The van der Waals surface area contributed by atoms with Crippen molar-refractivity contribution in [1.29, 1.82) is 0 Å². The first-order chi connectivity index (χ1) is 14.1. The van der Waals surface area contributed by atoms with Crippen LogP contribution in [0.4, 0.5) is 0 Å². The van der Waals surface area contributed by atoms with Crippen LogP contribution in [0, 0.1) is 5.41 Å². The fraction of sp³-hybridized carbons (Fsp3) is 0.810. The van der Waals surface area contributed by atoms with Gasteiger partial charge in [0.05, 0.1) is 19.2 Å². The van der Waals surface area contributed by atoms with Crippen LogP contribution < -0.4 is 5.32 Å². The normalized spacial score (nSPS) is 23.0. The molecule has 1 N–H and O–H groups in total. The van der Waals surface area contributed by atoms with Crippen LogP contribution in [-0.4, -0.2) is 63.4 Å². The van der Waals surface area contributed by atoms with E-state index in [0.717, 1.165) is 38.1 Å². The van der Waals surface area contributed by atoms with Gasteiger partial charge in [-0.05, 0) is 54.5 Å². The zero-order valence-corrected chi connectivity index (χ0v) is 18.0. The Bertz CT molecular complexity index is 670. The van der Waals surface area contributed by atoms with E-state index >= 15 is 0 Å². The van der Waals surface area contributed by atoms with E-state index in [1.807, 2.05) is 16.5 Å². The first-order valence-corrected chi connectivity index (χ1v) is 11.1. The van der Waals surface area contributed by atoms with Crippen molar-refractivity contribution in [3.8, 4) is 0 Å². The largest absolute Gasteiger partial charge is 0.380 e. The van der Waals surface area contributed by atoms with E-state index < -0.39 is 0 Å². The van der Waals surface area contributed by atoms with Crippen LogP contribution in [0.25, 0.3) is 0 Å². The second-order valence-electron chi connectivity index (χ2n) is 8.60. The molecule has 2 unspecified atom stereocenters. The Balaban J connectivity index is 1.80. The van der Waals surface area contributed by atoms with E-state index in [4.69, 9.17) is 4.74 Å². The number of ether oxygens (including phenoxy) is 1. The molecule has 8 heteroatoms. The van der Waals surface area contributed by atoms with Gasteiger partial charge in [-0.1, -0.05) is 32.8 Å². The van der Waals surface area contributed by atoms with Gasteiger partial charge in [-0.25, -0.2) is 4.68 Å². The van der Waals surface area contributed by atoms with Gasteiger partial charge < -0.3 is 15.0 Å². The number of nitrogens with zero attached hydrogens (tertiary/aromatic N) is 5. The lowest BCUT2D eigenvalue weighted by Crippen LogP contribution is -2.51. The zero-order chi connectivity index (χ0) is 20.7. The van der Waals surface area contributed by atoms with Gasteiger partial charge in [0.2, 0.25) is 5.91 Å². The van der Waals surface area contributed by atoms with E-state index in [9.17, 15) is 4.79 Å². The topological polar surface area (TPSA) is 85.2 Å². The van der Waals surface area contributed by atoms with Gasteiger partial charge in [0.15, 0.2) is 5.82 Å². The fourth-order valence-electron chi connectivity index (χ4n) is 4.79. The molecule has 2 fully saturated rings. The van der Waals surface area contributed by atoms with Crippen LogP contribution in [-0.2, 0) is 16.1 Å². The number of likely N-dealkylation sites (tertiary alicyclic amines) is 1. The SMILES string of the molecule is C=CC(=O)N1CCCC(NC(c2nnnn2CCOCC)C2(C)CCCCC2)C1. The molecule has 1 aromatic rings. The molecule has 0 aromatic carbocycles. The van der Waals surface area contributed by atoms with E-state index in [0.29, 0.717) is 26.3 Å². The second-order valence-corrected chi connectivity index (χ2v) is 8.60. The van der Waals surface area contributed by atoms with Gasteiger partial charge in [-0.3, -0.25) is 4.79 Å². The van der Waals surface area contributed by atoms with Gasteiger partial charge in [0.1, 0.15) is 0 Å². The van der Waals surface area contributed by atoms with E-state index in [-0.39, 0.29) is 23.4 Å². The first-order valence-electron chi connectivity index (χ1n) is 11.1. The van der Waals surface area contributed by atoms with Gasteiger partial charge >= 0.3 is 0 Å². The molecule has 1 saturated heterocycles. The quantitative estimate of drug-likeness (QED) is 0.503. The van der Waals surface area contributed by atoms with E-state index in [2.05, 4.69) is 34.3 Å². The number of piperidine rings is 1. The highest BCUT2D eigenvalue weighted by Gasteiger charge is 2.41. The molecule has 1 aliphatic carbocycles. The minimum atomic E-state index is 0.0125. The van der Waals surface area contributed by atoms with Crippen LogP contribution in [0.1, 0.15) is 70.7 Å². The van der Waals surface area contributed by atoms with Crippen molar-refractivity contribution in [2.75, 3.05) is 26.3 Å². The third-order valence-corrected chi connectivity index (χ3v) is 6.47. The third kappa shape index (κ3) is 5.42. The van der Waals surface area contributed by atoms with E-state index in [1.54, 1.807) is 0 Å². The van der Waals surface area contributed by atoms with Crippen molar-refractivity contribution in [2.24, 2.45) is 5.41 Å². The van der Waals surface area contributed by atoms with Crippen molar-refractivity contribution < 1.29 is 9.53 Å². The third-order valence-electron chi connectivity index (χ3n) is 6.47. The van der Waals surface area contributed by atoms with Crippen LogP contribution in [0.15, 0.2) is 12.7 Å². The molecule has 1 saturated carbocycles. The number of carbonyl (C=O) groups is 1. The van der Waals surface area contributed by atoms with Gasteiger partial charge in [-0.15, -0.1) is 5.10 Å². The van der Waals surface area contributed by atoms with Gasteiger partial charge in [0, 0.05) is 25.7 Å². The molecule has 1 amide bonds. The number of hydrogen-bond acceptors (Lipinski definition) is 6. The maximum absolute atomic E-state index is 12.1. The highest BCUT2D eigenvalue weighted by atomic mass is 16.5. The summed E-state index contributed by atoms with van der Waals surface area (Å²) in [6, 6.07) is 0.289. The van der Waals surface area contributed by atoms with Crippen molar-refractivity contribution in [3.05, 3.63) is 18.5 Å². The van der Waals surface area contributed by atoms with Crippen molar-refractivity contribution >= 4 is 5.91 Å². The van der Waals surface area contributed by atoms with E-state index in [1.165, 1.54) is 25.3 Å². The smallest absolute Gasteiger partial charge is 0.246 e. The van der Waals surface area contributed by atoms with Crippen LogP contribution >= 0.6 is 0 Å². The molecule has 0 bridgehead atoms. The molecule has 2 heterocycles. The van der Waals surface area contributed by atoms with Crippen molar-refractivity contribution in [2.45, 2.75) is 77.4 Å². The number of nitrogens with one attached hydrogen (secondary N) is 1. The lowest BCUT2D eigenvalue weighted by Gasteiger charge is -2.43. The summed E-state index contributed by atoms with van der Waals surface area (Å²) in [6.07, 6.45) is 9.54. The number of amides is 1. The summed E-state index contributed by atoms with van der Waals surface area (Å²) < 4.78 is 7.42. The van der Waals surface area contributed by atoms with Gasteiger partial charge in [-0.2, -0.15) is 0 Å². The summed E-state index contributed by atoms with van der Waals surface area (Å²) in [4.78, 5) is 14.0. The Morgan fingerprint density at radius 2 is 2.17 bits per heavy atom. The molecule has 2 aliphatic rings. The highest BCUT2D eigenvalue weighted by Crippen LogP contribution is 2.45. The summed E-state index contributed by atoms with van der Waals surface area (Å²) in [5.74, 6) is 0.903. The Morgan fingerprint density at radius 3 is 2.90 bits per heavy atom. The monoisotopic (exact) mass is 404 g/mol. The lowest BCUT2D eigenvalue weighted by atomic mass is 9.70. The zero-order valence-electron chi connectivity index (χ0n) is 18.0. The van der Waals surface area contributed by atoms with Crippen LogP contribution in [0.5, 0.6) is 0 Å². The summed E-state index contributed by atoms with van der Waals surface area (Å²) >= 11 is 0. The number of aromatic nitrogens is 4. The summed E-state index contributed by atoms with van der Waals surface area (Å²) in [7, 11) is 0. The maximum atomic E-state index is 12.1. The van der Waals surface area contributed by atoms with Crippen molar-refractivity contribution in [3.63, 3.8) is 0 Å². The number of carbonyl (C=O) groups excluding carboxylic acids is 1. The van der Waals surface area contributed by atoms with Gasteiger partial charge in [0.25, 0.3) is 0 Å². The van der Waals surface area contributed by atoms with Crippen LogP contribution in [0.3, 0.4) is 0 Å². The molecular weight excluding hydrogens is 368 g/mol. The molecule has 1 aromatic heterocycles. The van der Waals surface area contributed by atoms with Crippen molar-refractivity contribution in [1.82, 2.24) is 30.4 Å². The standard InChI is InChI=1S/C21H36N6O2/c1-4-18(28)26-13-9-10-17(16-26)22-19(21(3)11-7-6-8-12-21)20-23-24-25-27(20)14-15-29-5-2/h4,17,19,22H,1,5-16H2,2-3H3. The summed E-state index contributed by atoms with van der Waals surface area (Å²) in [5.41, 5.74) is 0.0983. The predicted molar refractivity (Wildman–Crippen MR) is 111 cm³/mol.